The van der Waals surface area contributed by atoms with Gasteiger partial charge >= 0.3 is 11.9 Å². The molecule has 0 saturated heterocycles. The van der Waals surface area contributed by atoms with E-state index in [-0.39, 0.29) is 30.1 Å². The third-order valence-corrected chi connectivity index (χ3v) is 3.87. The average molecular weight is 396 g/mol. The predicted octanol–water partition coefficient (Wildman–Crippen LogP) is 4.02. The van der Waals surface area contributed by atoms with Crippen LogP contribution in [0.3, 0.4) is 0 Å². The van der Waals surface area contributed by atoms with Gasteiger partial charge in [0.2, 0.25) is 0 Å². The van der Waals surface area contributed by atoms with E-state index in [4.69, 9.17) is 14.2 Å². The van der Waals surface area contributed by atoms with Crippen LogP contribution in [0.15, 0.2) is 55.1 Å². The van der Waals surface area contributed by atoms with Gasteiger partial charge in [-0.05, 0) is 43.7 Å². The van der Waals surface area contributed by atoms with E-state index < -0.39 is 23.4 Å². The normalized spacial score (nSPS) is 12.2. The minimum Gasteiger partial charge on any atom is -0.493 e. The monoisotopic (exact) mass is 396 g/mol. The Morgan fingerprint density at radius 1 is 1.31 bits per heavy atom. The molecule has 0 fully saturated rings. The van der Waals surface area contributed by atoms with Gasteiger partial charge in [0.05, 0.1) is 6.61 Å². The fraction of sp³-hybridized carbons (Fsp3) is 0.227. The minimum absolute atomic E-state index is 0.126. The number of esters is 2. The third-order valence-electron chi connectivity index (χ3n) is 3.87. The summed E-state index contributed by atoms with van der Waals surface area (Å²) in [4.78, 5) is 23.7. The van der Waals surface area contributed by atoms with Gasteiger partial charge in [0, 0.05) is 12.5 Å². The zero-order valence-corrected chi connectivity index (χ0v) is 15.8. The van der Waals surface area contributed by atoms with Gasteiger partial charge in [-0.2, -0.15) is 5.26 Å². The molecule has 0 heterocycles. The lowest BCUT2D eigenvalue weighted by atomic mass is 10.0. The van der Waals surface area contributed by atoms with Crippen molar-refractivity contribution < 1.29 is 28.2 Å². The van der Waals surface area contributed by atoms with Crippen molar-refractivity contribution in [2.24, 2.45) is 0 Å². The smallest absolute Gasteiger partial charge is 0.347 e. The van der Waals surface area contributed by atoms with E-state index in [1.165, 1.54) is 25.1 Å². The highest BCUT2D eigenvalue weighted by Gasteiger charge is 2.27. The first-order valence-corrected chi connectivity index (χ1v) is 8.75. The largest absolute Gasteiger partial charge is 0.493 e. The number of rotatable bonds is 9. The molecule has 0 spiro atoms. The first-order valence-electron chi connectivity index (χ1n) is 8.75. The lowest BCUT2D eigenvalue weighted by molar-refractivity contribution is -0.147. The lowest BCUT2D eigenvalue weighted by Gasteiger charge is -2.21. The van der Waals surface area contributed by atoms with Gasteiger partial charge in [0.15, 0.2) is 17.2 Å². The molecule has 6 nitrogen and oxygen atoms in total. The summed E-state index contributed by atoms with van der Waals surface area (Å²) in [6.07, 6.45) is 1.59. The molecule has 0 aliphatic carbocycles. The molecular weight excluding hydrogens is 377 g/mol. The molecule has 0 N–H and O–H groups in total. The second-order valence-corrected chi connectivity index (χ2v) is 6.16. The number of ether oxygens (including phenoxy) is 3. The first-order chi connectivity index (χ1) is 13.9. The van der Waals surface area contributed by atoms with Crippen molar-refractivity contribution in [1.82, 2.24) is 0 Å². The van der Waals surface area contributed by atoms with Crippen LogP contribution in [0.4, 0.5) is 4.39 Å². The van der Waals surface area contributed by atoms with Gasteiger partial charge in [-0.25, -0.2) is 14.0 Å². The number of hydrogen-bond acceptors (Lipinski definition) is 6. The Morgan fingerprint density at radius 2 is 2.07 bits per heavy atom. The molecule has 7 heteroatoms. The molecule has 2 rings (SSSR count). The van der Waals surface area contributed by atoms with E-state index >= 15 is 0 Å². The zero-order chi connectivity index (χ0) is 21.3. The van der Waals surface area contributed by atoms with Gasteiger partial charge in [0.1, 0.15) is 17.4 Å². The van der Waals surface area contributed by atoms with Gasteiger partial charge in [-0.15, -0.1) is 0 Å². The molecule has 2 aromatic carbocycles. The van der Waals surface area contributed by atoms with E-state index in [9.17, 15) is 19.2 Å². The summed E-state index contributed by atoms with van der Waals surface area (Å²) in [7, 11) is 0. The predicted molar refractivity (Wildman–Crippen MR) is 102 cm³/mol. The minimum atomic E-state index is -1.31. The van der Waals surface area contributed by atoms with Gasteiger partial charge in [-0.3, -0.25) is 0 Å². The van der Waals surface area contributed by atoms with E-state index in [1.807, 2.05) is 6.07 Å². The number of nitrogens with zero attached hydrogens (tertiary/aromatic N) is 1. The Labute approximate surface area is 168 Å². The molecule has 29 heavy (non-hydrogen) atoms. The molecule has 1 radical (unpaired) electrons. The van der Waals surface area contributed by atoms with Crippen LogP contribution in [0.2, 0.25) is 0 Å². The van der Waals surface area contributed by atoms with Crippen molar-refractivity contribution >= 4 is 11.9 Å². The van der Waals surface area contributed by atoms with Gasteiger partial charge in [0.25, 0.3) is 0 Å². The number of carbonyl (C=O) groups excluding carboxylic acids is 2. The van der Waals surface area contributed by atoms with Crippen LogP contribution in [-0.2, 0) is 9.53 Å². The maximum atomic E-state index is 13.7. The fourth-order valence-corrected chi connectivity index (χ4v) is 2.38. The van der Waals surface area contributed by atoms with Crippen molar-refractivity contribution in [3.63, 3.8) is 0 Å². The molecule has 0 saturated carbocycles. The second-order valence-electron chi connectivity index (χ2n) is 6.16. The molecular formula is C22H19FNO5. The van der Waals surface area contributed by atoms with Crippen molar-refractivity contribution in [2.75, 3.05) is 6.61 Å². The van der Waals surface area contributed by atoms with Gasteiger partial charge in [-0.1, -0.05) is 24.8 Å². The second kappa shape index (κ2) is 10.0. The Hall–Kier alpha value is -3.66. The fourth-order valence-electron chi connectivity index (χ4n) is 2.38. The van der Waals surface area contributed by atoms with Crippen LogP contribution in [0.25, 0.3) is 0 Å². The van der Waals surface area contributed by atoms with Crippen LogP contribution in [0, 0.1) is 23.2 Å². The summed E-state index contributed by atoms with van der Waals surface area (Å²) in [5.41, 5.74) is -1.18. The van der Waals surface area contributed by atoms with Crippen LogP contribution in [0.5, 0.6) is 11.5 Å². The van der Waals surface area contributed by atoms with Gasteiger partial charge < -0.3 is 14.2 Å². The highest BCUT2D eigenvalue weighted by Crippen LogP contribution is 2.23. The van der Waals surface area contributed by atoms with Crippen molar-refractivity contribution in [1.29, 1.82) is 5.26 Å². The van der Waals surface area contributed by atoms with Crippen molar-refractivity contribution in [3.05, 3.63) is 72.6 Å². The van der Waals surface area contributed by atoms with Crippen LogP contribution in [0.1, 0.15) is 30.1 Å². The Balaban J connectivity index is 1.98. The summed E-state index contributed by atoms with van der Waals surface area (Å²) < 4.78 is 29.4. The first kappa shape index (κ1) is 21.6. The molecule has 1 atom stereocenters. The van der Waals surface area contributed by atoms with Crippen molar-refractivity contribution in [3.8, 4) is 17.6 Å². The summed E-state index contributed by atoms with van der Waals surface area (Å²) in [5, 5.41) is 9.23. The quantitative estimate of drug-likeness (QED) is 0.275. The summed E-state index contributed by atoms with van der Waals surface area (Å²) >= 11 is 0. The average Bonchev–Trinajstić information content (AvgIpc) is 2.73. The Kier molecular flexibility index (Phi) is 7.49. The summed E-state index contributed by atoms with van der Waals surface area (Å²) in [6, 6.07) is 14.7. The topological polar surface area (TPSA) is 85.6 Å². The molecule has 0 aromatic heterocycles. The summed E-state index contributed by atoms with van der Waals surface area (Å²) in [6.45, 7) is 4.95. The standard InChI is InChI=1S/C22H19FNO5/c1-3-20(25)29-22(2,15-24)13-8-14-27-18-11-6-4-9-16(18)21(26)28-19-12-7-5-10-17(19)23/h3-4,6-7,9-12H,1,8,13-14H2,2H3. The SMILES string of the molecule is C=CC(=O)OC(C)(C#N)CCCOc1ccccc1C(=O)Oc1cc[c]cc1F. The number of benzene rings is 2. The molecule has 2 aromatic rings. The van der Waals surface area contributed by atoms with Crippen LogP contribution >= 0.6 is 0 Å². The number of nitriles is 1. The van der Waals surface area contributed by atoms with E-state index in [2.05, 4.69) is 12.6 Å². The number of para-hydroxylation sites is 1. The Bertz CT molecular complexity index is 937. The van der Waals surface area contributed by atoms with Crippen LogP contribution in [-0.4, -0.2) is 24.1 Å². The maximum absolute atomic E-state index is 13.7. The van der Waals surface area contributed by atoms with E-state index in [0.29, 0.717) is 6.42 Å². The highest BCUT2D eigenvalue weighted by molar-refractivity contribution is 5.94. The lowest BCUT2D eigenvalue weighted by Crippen LogP contribution is -2.29. The maximum Gasteiger partial charge on any atom is 0.347 e. The Morgan fingerprint density at radius 3 is 2.76 bits per heavy atom. The number of halogens is 1. The molecule has 0 aliphatic rings. The number of hydrogen-bond donors (Lipinski definition) is 0. The third kappa shape index (κ3) is 6.18. The molecule has 1 unspecified atom stereocenters. The molecule has 0 bridgehead atoms. The van der Waals surface area contributed by atoms with Crippen molar-refractivity contribution in [2.45, 2.75) is 25.4 Å². The molecule has 149 valence electrons. The van der Waals surface area contributed by atoms with E-state index in [0.717, 1.165) is 12.1 Å². The van der Waals surface area contributed by atoms with E-state index in [1.54, 1.807) is 18.2 Å². The summed E-state index contributed by atoms with van der Waals surface area (Å²) in [5.74, 6) is -2.12. The highest BCUT2D eigenvalue weighted by atomic mass is 19.1. The van der Waals surface area contributed by atoms with Crippen LogP contribution < -0.4 is 9.47 Å². The molecule has 0 aliphatic heterocycles. The number of carbonyl (C=O) groups is 2. The zero-order valence-electron chi connectivity index (χ0n) is 15.8. The molecule has 0 amide bonds.